The van der Waals surface area contributed by atoms with Gasteiger partial charge in [-0.25, -0.2) is 0 Å². The van der Waals surface area contributed by atoms with E-state index in [4.69, 9.17) is 26.0 Å². The number of aliphatic hydroxyl groups is 2. The van der Waals surface area contributed by atoms with E-state index in [2.05, 4.69) is 0 Å². The van der Waals surface area contributed by atoms with Crippen LogP contribution < -0.4 is 0 Å². The summed E-state index contributed by atoms with van der Waals surface area (Å²) in [4.78, 5) is 0. The van der Waals surface area contributed by atoms with Crippen LogP contribution in [0.2, 0.25) is 0 Å². The fourth-order valence-electron chi connectivity index (χ4n) is 0.139. The van der Waals surface area contributed by atoms with Crippen molar-refractivity contribution in [3.63, 3.8) is 0 Å². The molecule has 0 saturated heterocycles. The van der Waals surface area contributed by atoms with Crippen LogP contribution in [0.1, 0.15) is 13.8 Å². The van der Waals surface area contributed by atoms with Gasteiger partial charge in [0.2, 0.25) is 0 Å². The molecule has 0 aliphatic carbocycles. The molecule has 0 radical (unpaired) electrons. The molecular formula is C8H13N3O2. The zero-order valence-corrected chi connectivity index (χ0v) is 7.73. The van der Waals surface area contributed by atoms with Gasteiger partial charge in [0, 0.05) is 13.8 Å². The van der Waals surface area contributed by atoms with Crippen LogP contribution in [0.3, 0.4) is 0 Å². The van der Waals surface area contributed by atoms with Gasteiger partial charge in [0.05, 0.1) is 37.3 Å². The molecule has 0 atom stereocenters. The summed E-state index contributed by atoms with van der Waals surface area (Å²) in [5.74, 6) is -0.597. The largest absolute Gasteiger partial charge is 0.395 e. The molecule has 0 aliphatic rings. The van der Waals surface area contributed by atoms with Crippen molar-refractivity contribution in [2.45, 2.75) is 13.8 Å². The van der Waals surface area contributed by atoms with Crippen molar-refractivity contribution in [3.05, 3.63) is 0 Å². The molecule has 5 heteroatoms. The normalized spacial score (nSPS) is 6.00. The van der Waals surface area contributed by atoms with E-state index < -0.39 is 5.92 Å². The Balaban J connectivity index is -0.000000140. The summed E-state index contributed by atoms with van der Waals surface area (Å²) in [6.45, 7) is 2.35. The second-order valence-corrected chi connectivity index (χ2v) is 1.64. The Morgan fingerprint density at radius 2 is 1.23 bits per heavy atom. The first kappa shape index (κ1) is 17.5. The maximum Gasteiger partial charge on any atom is 0.0924 e. The van der Waals surface area contributed by atoms with Crippen LogP contribution in [0.15, 0.2) is 0 Å². The van der Waals surface area contributed by atoms with Gasteiger partial charge >= 0.3 is 0 Å². The van der Waals surface area contributed by atoms with E-state index in [0.29, 0.717) is 0 Å². The number of hydrogen-bond acceptors (Lipinski definition) is 5. The monoisotopic (exact) mass is 183 g/mol. The topological polar surface area (TPSA) is 112 Å². The number of hydrogen-bond donors (Lipinski definition) is 2. The third-order valence-electron chi connectivity index (χ3n) is 0.623. The van der Waals surface area contributed by atoms with Crippen molar-refractivity contribution in [1.82, 2.24) is 0 Å². The second kappa shape index (κ2) is 22.4. The molecule has 2 N–H and O–H groups in total. The van der Waals surface area contributed by atoms with Crippen LogP contribution in [0.25, 0.3) is 0 Å². The number of nitriles is 3. The van der Waals surface area contributed by atoms with Crippen LogP contribution in [-0.2, 0) is 0 Å². The SMILES string of the molecule is CC#N.CC#N.N#CC(CO)CO. The second-order valence-electron chi connectivity index (χ2n) is 1.64. The maximum absolute atomic E-state index is 8.14. The molecule has 72 valence electrons. The molecule has 5 nitrogen and oxygen atoms in total. The third-order valence-corrected chi connectivity index (χ3v) is 0.623. The molecule has 0 aromatic carbocycles. The molecule has 0 spiro atoms. The molecule has 0 unspecified atom stereocenters. The van der Waals surface area contributed by atoms with Crippen molar-refractivity contribution >= 4 is 0 Å². The van der Waals surface area contributed by atoms with Gasteiger partial charge in [-0.05, 0) is 0 Å². The Morgan fingerprint density at radius 1 is 1.00 bits per heavy atom. The molecule has 0 bridgehead atoms. The van der Waals surface area contributed by atoms with Gasteiger partial charge in [-0.3, -0.25) is 0 Å². The fourth-order valence-corrected chi connectivity index (χ4v) is 0.139. The molecule has 0 saturated carbocycles. The molecule has 0 aromatic heterocycles. The Kier molecular flexibility index (Phi) is 30.1. The minimum absolute atomic E-state index is 0.257. The van der Waals surface area contributed by atoms with Crippen molar-refractivity contribution in [2.75, 3.05) is 13.2 Å². The quantitative estimate of drug-likeness (QED) is 0.633. The van der Waals surface area contributed by atoms with Crippen molar-refractivity contribution in [1.29, 1.82) is 15.8 Å². The predicted molar refractivity (Wildman–Crippen MR) is 45.8 cm³/mol. The standard InChI is InChI=1S/C4H7NO2.2C2H3N/c5-1-4(2-6)3-7;2*1-2-3/h4,6-7H,2-3H2;2*1H3. The van der Waals surface area contributed by atoms with Crippen LogP contribution in [0.4, 0.5) is 0 Å². The van der Waals surface area contributed by atoms with Gasteiger partial charge in [-0.1, -0.05) is 0 Å². The average Bonchev–Trinajstić information content (AvgIpc) is 2.10. The Morgan fingerprint density at radius 3 is 1.23 bits per heavy atom. The minimum Gasteiger partial charge on any atom is -0.395 e. The van der Waals surface area contributed by atoms with Crippen LogP contribution in [0.5, 0.6) is 0 Å². The Hall–Kier alpha value is -1.61. The molecule has 0 aliphatic heterocycles. The summed E-state index contributed by atoms with van der Waals surface area (Å²) in [5, 5.41) is 38.9. The average molecular weight is 183 g/mol. The molecule has 0 amide bonds. The Bertz CT molecular complexity index is 181. The maximum atomic E-state index is 8.14. The molecule has 0 heterocycles. The van der Waals surface area contributed by atoms with Crippen LogP contribution in [-0.4, -0.2) is 23.4 Å². The third kappa shape index (κ3) is 37.9. The molecule has 0 rings (SSSR count). The van der Waals surface area contributed by atoms with E-state index in [9.17, 15) is 0 Å². The summed E-state index contributed by atoms with van der Waals surface area (Å²) in [5.41, 5.74) is 0. The number of aliphatic hydroxyl groups excluding tert-OH is 2. The van der Waals surface area contributed by atoms with E-state index in [0.717, 1.165) is 0 Å². The Labute approximate surface area is 78.1 Å². The zero-order valence-electron chi connectivity index (χ0n) is 7.73. The van der Waals surface area contributed by atoms with E-state index in [1.54, 1.807) is 18.2 Å². The van der Waals surface area contributed by atoms with Crippen molar-refractivity contribution in [3.8, 4) is 18.2 Å². The summed E-state index contributed by atoms with van der Waals surface area (Å²) in [6, 6.07) is 5.20. The highest BCUT2D eigenvalue weighted by molar-refractivity contribution is 4.80. The summed E-state index contributed by atoms with van der Waals surface area (Å²) in [7, 11) is 0. The summed E-state index contributed by atoms with van der Waals surface area (Å²) in [6.07, 6.45) is 0. The number of rotatable bonds is 2. The lowest BCUT2D eigenvalue weighted by molar-refractivity contribution is 0.182. The molecule has 0 aromatic rings. The highest BCUT2D eigenvalue weighted by Crippen LogP contribution is 1.86. The summed E-state index contributed by atoms with van der Waals surface area (Å²) >= 11 is 0. The lowest BCUT2D eigenvalue weighted by Gasteiger charge is -1.94. The van der Waals surface area contributed by atoms with Crippen molar-refractivity contribution in [2.24, 2.45) is 5.92 Å². The first-order chi connectivity index (χ1) is 6.17. The molecule has 0 fully saturated rings. The van der Waals surface area contributed by atoms with Gasteiger partial charge in [0.1, 0.15) is 0 Å². The molecule has 13 heavy (non-hydrogen) atoms. The van der Waals surface area contributed by atoms with E-state index in [-0.39, 0.29) is 13.2 Å². The van der Waals surface area contributed by atoms with E-state index in [1.807, 2.05) is 0 Å². The van der Waals surface area contributed by atoms with Gasteiger partial charge < -0.3 is 10.2 Å². The van der Waals surface area contributed by atoms with Gasteiger partial charge in [0.15, 0.2) is 0 Å². The highest BCUT2D eigenvalue weighted by atomic mass is 16.3. The zero-order chi connectivity index (χ0) is 11.1. The highest BCUT2D eigenvalue weighted by Gasteiger charge is 1.99. The van der Waals surface area contributed by atoms with Crippen molar-refractivity contribution < 1.29 is 10.2 Å². The van der Waals surface area contributed by atoms with Gasteiger partial charge in [-0.15, -0.1) is 0 Å². The number of nitrogens with zero attached hydrogens (tertiary/aromatic N) is 3. The lowest BCUT2D eigenvalue weighted by atomic mass is 10.2. The smallest absolute Gasteiger partial charge is 0.0924 e. The predicted octanol–water partition coefficient (Wildman–Crippen LogP) is 0.171. The van der Waals surface area contributed by atoms with E-state index >= 15 is 0 Å². The van der Waals surface area contributed by atoms with Gasteiger partial charge in [-0.2, -0.15) is 15.8 Å². The van der Waals surface area contributed by atoms with Crippen LogP contribution >= 0.6 is 0 Å². The van der Waals surface area contributed by atoms with Crippen LogP contribution in [0, 0.1) is 39.9 Å². The van der Waals surface area contributed by atoms with Gasteiger partial charge in [0.25, 0.3) is 0 Å². The van der Waals surface area contributed by atoms with E-state index in [1.165, 1.54) is 13.8 Å². The molecular weight excluding hydrogens is 170 g/mol. The fraction of sp³-hybridized carbons (Fsp3) is 0.625. The summed E-state index contributed by atoms with van der Waals surface area (Å²) < 4.78 is 0. The first-order valence-electron chi connectivity index (χ1n) is 3.41. The lowest BCUT2D eigenvalue weighted by Crippen LogP contribution is -2.06. The first-order valence-corrected chi connectivity index (χ1v) is 3.41. The minimum atomic E-state index is -0.597.